The Morgan fingerprint density at radius 3 is 2.67 bits per heavy atom. The zero-order valence-corrected chi connectivity index (χ0v) is 9.82. The third kappa shape index (κ3) is 3.16. The van der Waals surface area contributed by atoms with Gasteiger partial charge in [-0.15, -0.1) is 0 Å². The van der Waals surface area contributed by atoms with Gasteiger partial charge in [-0.3, -0.25) is 0 Å². The van der Waals surface area contributed by atoms with E-state index in [9.17, 15) is 0 Å². The number of nitrogens with zero attached hydrogens (tertiary/aromatic N) is 1. The van der Waals surface area contributed by atoms with Gasteiger partial charge in [0.2, 0.25) is 0 Å². The van der Waals surface area contributed by atoms with Crippen LogP contribution in [0.1, 0.15) is 26.2 Å². The lowest BCUT2D eigenvalue weighted by Gasteiger charge is -2.37. The molecule has 2 heterocycles. The van der Waals surface area contributed by atoms with Crippen LogP contribution in [0.25, 0.3) is 0 Å². The van der Waals surface area contributed by atoms with Crippen molar-refractivity contribution in [2.75, 3.05) is 32.8 Å². The summed E-state index contributed by atoms with van der Waals surface area (Å²) in [7, 11) is 0. The van der Waals surface area contributed by atoms with E-state index in [4.69, 9.17) is 10.5 Å². The van der Waals surface area contributed by atoms with Crippen LogP contribution >= 0.6 is 0 Å². The van der Waals surface area contributed by atoms with E-state index in [1.54, 1.807) is 0 Å². The largest absolute Gasteiger partial charge is 0.381 e. The topological polar surface area (TPSA) is 38.5 Å². The lowest BCUT2D eigenvalue weighted by atomic mass is 9.92. The first-order chi connectivity index (χ1) is 7.25. The molecule has 0 aromatic carbocycles. The maximum Gasteiger partial charge on any atom is 0.0469 e. The van der Waals surface area contributed by atoms with Gasteiger partial charge in [-0.25, -0.2) is 0 Å². The summed E-state index contributed by atoms with van der Waals surface area (Å²) in [6.07, 6.45) is 3.74. The van der Waals surface area contributed by atoms with E-state index in [-0.39, 0.29) is 0 Å². The smallest absolute Gasteiger partial charge is 0.0469 e. The van der Waals surface area contributed by atoms with Gasteiger partial charge >= 0.3 is 0 Å². The second-order valence-corrected chi connectivity index (χ2v) is 5.25. The Hall–Kier alpha value is -0.120. The average molecular weight is 212 g/mol. The molecule has 0 aliphatic carbocycles. The van der Waals surface area contributed by atoms with Crippen LogP contribution < -0.4 is 5.73 Å². The summed E-state index contributed by atoms with van der Waals surface area (Å²) >= 11 is 0. The average Bonchev–Trinajstić information content (AvgIpc) is 2.25. The fraction of sp³-hybridized carbons (Fsp3) is 1.00. The Labute approximate surface area is 93.0 Å². The Morgan fingerprint density at radius 2 is 2.00 bits per heavy atom. The summed E-state index contributed by atoms with van der Waals surface area (Å²) < 4.78 is 5.38. The molecular weight excluding hydrogens is 188 g/mol. The molecular formula is C12H24N2O. The van der Waals surface area contributed by atoms with Gasteiger partial charge in [-0.1, -0.05) is 6.92 Å². The summed E-state index contributed by atoms with van der Waals surface area (Å²) in [5, 5.41) is 0. The summed E-state index contributed by atoms with van der Waals surface area (Å²) in [6, 6.07) is 0.388. The van der Waals surface area contributed by atoms with Gasteiger partial charge in [-0.2, -0.15) is 0 Å². The highest BCUT2D eigenvalue weighted by Gasteiger charge is 2.25. The summed E-state index contributed by atoms with van der Waals surface area (Å²) in [5.74, 6) is 1.55. The quantitative estimate of drug-likeness (QED) is 0.744. The molecule has 2 aliphatic heterocycles. The van der Waals surface area contributed by atoms with Crippen LogP contribution in [0.5, 0.6) is 0 Å². The minimum atomic E-state index is 0.388. The molecule has 88 valence electrons. The molecule has 0 saturated carbocycles. The van der Waals surface area contributed by atoms with Gasteiger partial charge < -0.3 is 15.4 Å². The highest BCUT2D eigenvalue weighted by atomic mass is 16.5. The summed E-state index contributed by atoms with van der Waals surface area (Å²) in [5.41, 5.74) is 6.11. The molecule has 2 atom stereocenters. The lowest BCUT2D eigenvalue weighted by molar-refractivity contribution is 0.0452. The molecule has 0 amide bonds. The molecule has 2 fully saturated rings. The van der Waals surface area contributed by atoms with E-state index in [1.807, 2.05) is 0 Å². The fourth-order valence-electron chi connectivity index (χ4n) is 2.63. The number of nitrogens with two attached hydrogens (primary N) is 1. The number of hydrogen-bond acceptors (Lipinski definition) is 3. The van der Waals surface area contributed by atoms with Crippen molar-refractivity contribution in [3.63, 3.8) is 0 Å². The maximum atomic E-state index is 6.11. The number of ether oxygens (including phenoxy) is 1. The van der Waals surface area contributed by atoms with Crippen LogP contribution in [0.15, 0.2) is 0 Å². The molecule has 2 unspecified atom stereocenters. The number of rotatable bonds is 2. The van der Waals surface area contributed by atoms with E-state index < -0.39 is 0 Å². The molecule has 0 bridgehead atoms. The summed E-state index contributed by atoms with van der Waals surface area (Å²) in [6.45, 7) is 7.77. The zero-order chi connectivity index (χ0) is 10.7. The van der Waals surface area contributed by atoms with Crippen molar-refractivity contribution < 1.29 is 4.74 Å². The van der Waals surface area contributed by atoms with Crippen molar-refractivity contribution >= 4 is 0 Å². The normalized spacial score (nSPS) is 35.6. The molecule has 2 rings (SSSR count). The van der Waals surface area contributed by atoms with E-state index in [1.165, 1.54) is 32.4 Å². The zero-order valence-electron chi connectivity index (χ0n) is 9.82. The van der Waals surface area contributed by atoms with Crippen molar-refractivity contribution in [2.24, 2.45) is 17.6 Å². The Kier molecular flexibility index (Phi) is 4.00. The first-order valence-electron chi connectivity index (χ1n) is 6.31. The SMILES string of the molecule is CC1CCN(CC2CCOCC2)CC1N. The Bertz CT molecular complexity index is 192. The first kappa shape index (κ1) is 11.4. The van der Waals surface area contributed by atoms with Gasteiger partial charge in [0.1, 0.15) is 0 Å². The van der Waals surface area contributed by atoms with Gasteiger partial charge in [0.15, 0.2) is 0 Å². The molecule has 0 aromatic rings. The third-order valence-electron chi connectivity index (χ3n) is 3.96. The molecule has 0 radical (unpaired) electrons. The molecule has 2 N–H and O–H groups in total. The van der Waals surface area contributed by atoms with Crippen molar-refractivity contribution in [3.8, 4) is 0 Å². The van der Waals surface area contributed by atoms with E-state index in [0.717, 1.165) is 25.7 Å². The van der Waals surface area contributed by atoms with E-state index >= 15 is 0 Å². The van der Waals surface area contributed by atoms with Crippen LogP contribution in [0.4, 0.5) is 0 Å². The van der Waals surface area contributed by atoms with Crippen LogP contribution in [0, 0.1) is 11.8 Å². The molecule has 2 aliphatic rings. The monoisotopic (exact) mass is 212 g/mol. The minimum Gasteiger partial charge on any atom is -0.381 e. The molecule has 2 saturated heterocycles. The third-order valence-corrected chi connectivity index (χ3v) is 3.96. The second kappa shape index (κ2) is 5.28. The maximum absolute atomic E-state index is 6.11. The van der Waals surface area contributed by atoms with Crippen LogP contribution in [0.3, 0.4) is 0 Å². The van der Waals surface area contributed by atoms with Gasteiger partial charge in [0.25, 0.3) is 0 Å². The second-order valence-electron chi connectivity index (χ2n) is 5.25. The lowest BCUT2D eigenvalue weighted by Crippen LogP contribution is -2.49. The van der Waals surface area contributed by atoms with Crippen molar-refractivity contribution in [2.45, 2.75) is 32.2 Å². The predicted octanol–water partition coefficient (Wildman–Crippen LogP) is 1.08. The summed E-state index contributed by atoms with van der Waals surface area (Å²) in [4.78, 5) is 2.56. The fourth-order valence-corrected chi connectivity index (χ4v) is 2.63. The van der Waals surface area contributed by atoms with Crippen LogP contribution in [0.2, 0.25) is 0 Å². The van der Waals surface area contributed by atoms with Crippen LogP contribution in [-0.2, 0) is 4.74 Å². The molecule has 0 aromatic heterocycles. The Balaban J connectivity index is 1.74. The van der Waals surface area contributed by atoms with Crippen molar-refractivity contribution in [3.05, 3.63) is 0 Å². The van der Waals surface area contributed by atoms with E-state index in [0.29, 0.717) is 12.0 Å². The predicted molar refractivity (Wildman–Crippen MR) is 61.7 cm³/mol. The number of piperidine rings is 1. The number of hydrogen-bond donors (Lipinski definition) is 1. The standard InChI is InChI=1S/C12H24N2O/c1-10-2-5-14(9-12(10)13)8-11-3-6-15-7-4-11/h10-12H,2-9,13H2,1H3. The highest BCUT2D eigenvalue weighted by Crippen LogP contribution is 2.20. The van der Waals surface area contributed by atoms with E-state index in [2.05, 4.69) is 11.8 Å². The molecule has 0 spiro atoms. The highest BCUT2D eigenvalue weighted by molar-refractivity contribution is 4.82. The Morgan fingerprint density at radius 1 is 1.27 bits per heavy atom. The van der Waals surface area contributed by atoms with Gasteiger partial charge in [0, 0.05) is 32.3 Å². The van der Waals surface area contributed by atoms with Gasteiger partial charge in [-0.05, 0) is 37.6 Å². The molecule has 3 nitrogen and oxygen atoms in total. The first-order valence-corrected chi connectivity index (χ1v) is 6.31. The van der Waals surface area contributed by atoms with Gasteiger partial charge in [0.05, 0.1) is 0 Å². The minimum absolute atomic E-state index is 0.388. The van der Waals surface area contributed by atoms with Crippen LogP contribution in [-0.4, -0.2) is 43.8 Å². The molecule has 3 heteroatoms. The van der Waals surface area contributed by atoms with Crippen molar-refractivity contribution in [1.82, 2.24) is 4.90 Å². The van der Waals surface area contributed by atoms with Crippen molar-refractivity contribution in [1.29, 1.82) is 0 Å². The molecule has 15 heavy (non-hydrogen) atoms. The number of likely N-dealkylation sites (tertiary alicyclic amines) is 1.